The Labute approximate surface area is 164 Å². The Morgan fingerprint density at radius 3 is 2.69 bits per heavy atom. The quantitative estimate of drug-likeness (QED) is 0.526. The van der Waals surface area contributed by atoms with Crippen LogP contribution in [0.15, 0.2) is 50.2 Å². The Kier molecular flexibility index (Phi) is 4.08. The average molecular weight is 394 g/mol. The lowest BCUT2D eigenvalue weighted by Crippen LogP contribution is -2.40. The van der Waals surface area contributed by atoms with E-state index in [1.54, 1.807) is 53.0 Å². The summed E-state index contributed by atoms with van der Waals surface area (Å²) < 4.78 is 17.0. The van der Waals surface area contributed by atoms with Gasteiger partial charge in [-0.1, -0.05) is 0 Å². The van der Waals surface area contributed by atoms with E-state index in [0.717, 1.165) is 0 Å². The summed E-state index contributed by atoms with van der Waals surface area (Å²) in [5.74, 6) is 0.207. The molecule has 4 aromatic rings. The number of aromatic nitrogens is 3. The number of ether oxygens (including phenoxy) is 1. The molecule has 0 N–H and O–H groups in total. The molecule has 0 radical (unpaired) electrons. The molecule has 0 aliphatic carbocycles. The number of piperidine rings is 1. The number of carbonyl (C=O) groups excluding carboxylic acids is 1. The van der Waals surface area contributed by atoms with Crippen LogP contribution in [0, 0.1) is 0 Å². The van der Waals surface area contributed by atoms with Crippen molar-refractivity contribution in [3.63, 3.8) is 0 Å². The number of carbonyl (C=O) groups is 1. The molecule has 5 rings (SSSR count). The number of nitrogens with zero attached hydrogens (tertiary/aromatic N) is 4. The smallest absolute Gasteiger partial charge is 0.420 e. The molecule has 1 saturated heterocycles. The van der Waals surface area contributed by atoms with E-state index in [2.05, 4.69) is 14.9 Å². The highest BCUT2D eigenvalue weighted by Crippen LogP contribution is 2.28. The molecule has 9 heteroatoms. The topological polar surface area (TPSA) is 104 Å². The third kappa shape index (κ3) is 2.95. The fraction of sp³-hybridized carbons (Fsp3) is 0.300. The van der Waals surface area contributed by atoms with Gasteiger partial charge in [0.2, 0.25) is 0 Å². The van der Waals surface area contributed by atoms with Gasteiger partial charge in [-0.2, -0.15) is 0 Å². The van der Waals surface area contributed by atoms with E-state index in [1.165, 1.54) is 0 Å². The van der Waals surface area contributed by atoms with E-state index in [0.29, 0.717) is 59.4 Å². The molecule has 0 atom stereocenters. The van der Waals surface area contributed by atoms with E-state index in [9.17, 15) is 9.59 Å². The predicted octanol–water partition coefficient (Wildman–Crippen LogP) is 2.62. The second-order valence-corrected chi connectivity index (χ2v) is 7.06. The molecule has 0 unspecified atom stereocenters. The van der Waals surface area contributed by atoms with Gasteiger partial charge in [0.25, 0.3) is 5.91 Å². The van der Waals surface area contributed by atoms with Crippen molar-refractivity contribution in [1.82, 2.24) is 19.8 Å². The number of fused-ring (bicyclic) bond motifs is 2. The van der Waals surface area contributed by atoms with Gasteiger partial charge in [0.05, 0.1) is 12.6 Å². The molecule has 29 heavy (non-hydrogen) atoms. The zero-order valence-corrected chi connectivity index (χ0v) is 15.7. The molecule has 9 nitrogen and oxygen atoms in total. The highest BCUT2D eigenvalue weighted by molar-refractivity contribution is 5.97. The number of likely N-dealkylation sites (tertiary alicyclic amines) is 1. The summed E-state index contributed by atoms with van der Waals surface area (Å²) in [5, 5.41) is 7.54. The maximum absolute atomic E-state index is 12.9. The first-order chi connectivity index (χ1) is 14.1. The second-order valence-electron chi connectivity index (χ2n) is 7.06. The van der Waals surface area contributed by atoms with Crippen molar-refractivity contribution in [1.29, 1.82) is 0 Å². The molecule has 2 aromatic heterocycles. The summed E-state index contributed by atoms with van der Waals surface area (Å²) in [6.45, 7) is 1.09. The van der Waals surface area contributed by atoms with Crippen LogP contribution in [0.25, 0.3) is 22.1 Å². The summed E-state index contributed by atoms with van der Waals surface area (Å²) in [4.78, 5) is 27.1. The zero-order valence-electron chi connectivity index (χ0n) is 15.7. The van der Waals surface area contributed by atoms with Gasteiger partial charge >= 0.3 is 5.76 Å². The van der Waals surface area contributed by atoms with Crippen LogP contribution in [0.4, 0.5) is 0 Å². The molecule has 148 valence electrons. The highest BCUT2D eigenvalue weighted by Gasteiger charge is 2.27. The lowest BCUT2D eigenvalue weighted by molar-refractivity contribution is 0.0694. The Balaban J connectivity index is 1.36. The number of hydrogen-bond donors (Lipinski definition) is 0. The minimum absolute atomic E-state index is 0.0397. The molecule has 1 aliphatic rings. The lowest BCUT2D eigenvalue weighted by atomic mass is 10.0. The molecule has 1 amide bonds. The summed E-state index contributed by atoms with van der Waals surface area (Å²) in [6.07, 6.45) is 1.32. The van der Waals surface area contributed by atoms with Crippen molar-refractivity contribution >= 4 is 28.0 Å². The summed E-state index contributed by atoms with van der Waals surface area (Å²) in [6, 6.07) is 10.4. The fourth-order valence-electron chi connectivity index (χ4n) is 3.91. The maximum atomic E-state index is 12.9. The highest BCUT2D eigenvalue weighted by atomic mass is 16.6. The van der Waals surface area contributed by atoms with Crippen LogP contribution in [-0.2, 0) is 0 Å². The standard InChI is InChI=1S/C20H18N4O5/c1-27-14-3-5-18-17(11-14)24(20(26)28-18)13-6-8-23(9-7-13)19(25)12-2-4-15-16(10-12)22-29-21-15/h2-5,10-11,13H,6-9H2,1H3. The molecule has 2 aromatic carbocycles. The molecule has 1 fully saturated rings. The number of hydrogen-bond acceptors (Lipinski definition) is 7. The van der Waals surface area contributed by atoms with Crippen molar-refractivity contribution in [3.05, 3.63) is 52.5 Å². The summed E-state index contributed by atoms with van der Waals surface area (Å²) in [5.41, 5.74) is 2.95. The van der Waals surface area contributed by atoms with Crippen molar-refractivity contribution < 1.29 is 18.6 Å². The van der Waals surface area contributed by atoms with Gasteiger partial charge < -0.3 is 14.1 Å². The second kappa shape index (κ2) is 6.77. The van der Waals surface area contributed by atoms with Crippen LogP contribution in [-0.4, -0.2) is 45.9 Å². The van der Waals surface area contributed by atoms with Crippen LogP contribution in [0.5, 0.6) is 5.75 Å². The minimum atomic E-state index is -0.387. The molecule has 0 bridgehead atoms. The first-order valence-electron chi connectivity index (χ1n) is 9.35. The molecule has 1 aliphatic heterocycles. The van der Waals surface area contributed by atoms with E-state index < -0.39 is 0 Å². The Bertz CT molecular complexity index is 1260. The number of rotatable bonds is 3. The van der Waals surface area contributed by atoms with Gasteiger partial charge in [-0.15, -0.1) is 0 Å². The number of amides is 1. The normalized spacial score (nSPS) is 15.3. The van der Waals surface area contributed by atoms with Crippen molar-refractivity contribution in [2.45, 2.75) is 18.9 Å². The van der Waals surface area contributed by atoms with Crippen molar-refractivity contribution in [2.75, 3.05) is 20.2 Å². The van der Waals surface area contributed by atoms with Gasteiger partial charge in [0, 0.05) is 30.8 Å². The van der Waals surface area contributed by atoms with Gasteiger partial charge in [-0.05, 0) is 53.5 Å². The predicted molar refractivity (Wildman–Crippen MR) is 103 cm³/mol. The van der Waals surface area contributed by atoms with E-state index in [1.807, 2.05) is 0 Å². The van der Waals surface area contributed by atoms with Crippen LogP contribution in [0.3, 0.4) is 0 Å². The van der Waals surface area contributed by atoms with Crippen LogP contribution in [0.2, 0.25) is 0 Å². The maximum Gasteiger partial charge on any atom is 0.420 e. The van der Waals surface area contributed by atoms with E-state index in [4.69, 9.17) is 9.15 Å². The third-order valence-corrected chi connectivity index (χ3v) is 5.44. The molecule has 0 saturated carbocycles. The van der Waals surface area contributed by atoms with E-state index >= 15 is 0 Å². The van der Waals surface area contributed by atoms with Crippen LogP contribution < -0.4 is 10.5 Å². The number of benzene rings is 2. The number of oxazole rings is 1. The Hall–Kier alpha value is -3.62. The lowest BCUT2D eigenvalue weighted by Gasteiger charge is -2.32. The molecule has 3 heterocycles. The third-order valence-electron chi connectivity index (χ3n) is 5.44. The monoisotopic (exact) mass is 394 g/mol. The van der Waals surface area contributed by atoms with Gasteiger partial charge in [0.1, 0.15) is 16.8 Å². The number of methoxy groups -OCH3 is 1. The first-order valence-corrected chi connectivity index (χ1v) is 9.35. The average Bonchev–Trinajstić information content (AvgIpc) is 3.35. The SMILES string of the molecule is COc1ccc2oc(=O)n(C3CCN(C(=O)c4ccc5nonc5c4)CC3)c2c1. The molecular formula is C20H18N4O5. The summed E-state index contributed by atoms with van der Waals surface area (Å²) in [7, 11) is 1.58. The van der Waals surface area contributed by atoms with Gasteiger partial charge in [-0.3, -0.25) is 9.36 Å². The fourth-order valence-corrected chi connectivity index (χ4v) is 3.91. The zero-order chi connectivity index (χ0) is 20.0. The molecule has 0 spiro atoms. The van der Waals surface area contributed by atoms with Gasteiger partial charge in [-0.25, -0.2) is 9.42 Å². The minimum Gasteiger partial charge on any atom is -0.497 e. The largest absolute Gasteiger partial charge is 0.497 e. The van der Waals surface area contributed by atoms with Crippen molar-refractivity contribution in [2.24, 2.45) is 0 Å². The summed E-state index contributed by atoms with van der Waals surface area (Å²) >= 11 is 0. The van der Waals surface area contributed by atoms with Crippen LogP contribution >= 0.6 is 0 Å². The molecular weight excluding hydrogens is 376 g/mol. The Morgan fingerprint density at radius 1 is 1.10 bits per heavy atom. The van der Waals surface area contributed by atoms with Gasteiger partial charge in [0.15, 0.2) is 5.58 Å². The first kappa shape index (κ1) is 17.5. The van der Waals surface area contributed by atoms with E-state index in [-0.39, 0.29) is 17.7 Å². The van der Waals surface area contributed by atoms with Crippen molar-refractivity contribution in [3.8, 4) is 5.75 Å². The van der Waals surface area contributed by atoms with Crippen LogP contribution in [0.1, 0.15) is 29.2 Å². The Morgan fingerprint density at radius 2 is 1.90 bits per heavy atom.